The molecule has 2 aromatic heterocycles. The van der Waals surface area contributed by atoms with Gasteiger partial charge in [0.15, 0.2) is 12.7 Å². The molecule has 1 N–H and O–H groups in total. The molecular formula is C24H29BN3O3+. The first-order chi connectivity index (χ1) is 15.0. The molecule has 0 bridgehead atoms. The molecule has 2 heterocycles. The van der Waals surface area contributed by atoms with Crippen LogP contribution in [0.1, 0.15) is 25.1 Å². The van der Waals surface area contributed by atoms with E-state index in [0.29, 0.717) is 30.6 Å². The highest BCUT2D eigenvalue weighted by atomic mass is 16.4. The van der Waals surface area contributed by atoms with Crippen LogP contribution in [0.2, 0.25) is 6.32 Å². The minimum absolute atomic E-state index is 0.0338. The molecule has 6 nitrogen and oxygen atoms in total. The zero-order chi connectivity index (χ0) is 22.2. The maximum atomic E-state index is 12.6. The number of carbonyl (C=O) groups is 1. The van der Waals surface area contributed by atoms with E-state index in [9.17, 15) is 9.59 Å². The first-order valence-electron chi connectivity index (χ1n) is 10.8. The van der Waals surface area contributed by atoms with Crippen LogP contribution in [0.25, 0.3) is 23.1 Å². The first kappa shape index (κ1) is 22.3. The summed E-state index contributed by atoms with van der Waals surface area (Å²) in [7, 11) is 1.83. The molecule has 1 amide bonds. The summed E-state index contributed by atoms with van der Waals surface area (Å²) < 4.78 is 7.64. The summed E-state index contributed by atoms with van der Waals surface area (Å²) in [5.41, 5.74) is 2.71. The molecule has 3 aromatic rings. The molecule has 31 heavy (non-hydrogen) atoms. The normalized spacial score (nSPS) is 11.2. The number of fused-ring (bicyclic) bond motifs is 1. The van der Waals surface area contributed by atoms with Gasteiger partial charge in [-0.3, -0.25) is 4.79 Å². The summed E-state index contributed by atoms with van der Waals surface area (Å²) in [6.07, 6.45) is 6.10. The number of aromatic nitrogens is 1. The summed E-state index contributed by atoms with van der Waals surface area (Å²) in [5.74, 6) is 0.0338. The molecule has 0 aliphatic carbocycles. The van der Waals surface area contributed by atoms with Crippen LogP contribution >= 0.6 is 0 Å². The SMILES string of the molecule is BCC(=O)NCC[n+]1ccccc1/C=C/c1cc2ccc(N(CC)CC)cc2oc1=O. The van der Waals surface area contributed by atoms with Crippen molar-refractivity contribution in [3.05, 3.63) is 70.3 Å². The monoisotopic (exact) mass is 418 g/mol. The molecule has 0 aliphatic rings. The standard InChI is InChI=1S/C24H28BN3O3/c1-3-27(4-2)21-11-8-18-15-19(24(30)31-22(18)16-21)9-10-20-7-5-6-13-28(20)14-12-26-23(29)17-25/h5-11,13,15-16H,3-4,12,14,17,25H2,1-2H3/p+1. The average molecular weight is 418 g/mol. The number of nitrogens with zero attached hydrogens (tertiary/aromatic N) is 2. The number of nitrogens with one attached hydrogen (secondary N) is 1. The quantitative estimate of drug-likeness (QED) is 0.329. The molecule has 0 aliphatic heterocycles. The van der Waals surface area contributed by atoms with Crippen LogP contribution in [0.5, 0.6) is 0 Å². The third kappa shape index (κ3) is 5.63. The van der Waals surface area contributed by atoms with Gasteiger partial charge in [0.2, 0.25) is 11.6 Å². The Morgan fingerprint density at radius 3 is 2.71 bits per heavy atom. The van der Waals surface area contributed by atoms with Crippen molar-refractivity contribution in [1.82, 2.24) is 5.32 Å². The fourth-order valence-electron chi connectivity index (χ4n) is 3.48. The van der Waals surface area contributed by atoms with E-state index in [1.54, 1.807) is 6.08 Å². The van der Waals surface area contributed by atoms with Crippen molar-refractivity contribution in [1.29, 1.82) is 0 Å². The Balaban J connectivity index is 1.83. The van der Waals surface area contributed by atoms with E-state index in [4.69, 9.17) is 4.42 Å². The highest BCUT2D eigenvalue weighted by molar-refractivity contribution is 6.19. The Kier molecular flexibility index (Phi) is 7.65. The van der Waals surface area contributed by atoms with Crippen molar-refractivity contribution in [2.75, 3.05) is 24.5 Å². The number of pyridine rings is 1. The number of hydrogen-bond donors (Lipinski definition) is 1. The summed E-state index contributed by atoms with van der Waals surface area (Å²) >= 11 is 0. The van der Waals surface area contributed by atoms with Gasteiger partial charge in [-0.2, -0.15) is 4.57 Å². The van der Waals surface area contributed by atoms with Crippen LogP contribution in [0.4, 0.5) is 5.69 Å². The third-order valence-corrected chi connectivity index (χ3v) is 5.28. The molecule has 3 rings (SSSR count). The van der Waals surface area contributed by atoms with Crippen LogP contribution in [-0.4, -0.2) is 33.4 Å². The van der Waals surface area contributed by atoms with Gasteiger partial charge >= 0.3 is 5.63 Å². The van der Waals surface area contributed by atoms with Crippen molar-refractivity contribution in [3.8, 4) is 0 Å². The highest BCUT2D eigenvalue weighted by Gasteiger charge is 2.10. The predicted octanol–water partition coefficient (Wildman–Crippen LogP) is 2.26. The molecule has 0 unspecified atom stereocenters. The average Bonchev–Trinajstić information content (AvgIpc) is 2.79. The smallest absolute Gasteiger partial charge is 0.343 e. The molecule has 1 aromatic carbocycles. The Hall–Kier alpha value is -3.35. The molecule has 7 heteroatoms. The van der Waals surface area contributed by atoms with Crippen LogP contribution < -0.4 is 20.4 Å². The van der Waals surface area contributed by atoms with E-state index in [2.05, 4.69) is 30.1 Å². The summed E-state index contributed by atoms with van der Waals surface area (Å²) in [5, 5.41) is 3.77. The molecule has 0 radical (unpaired) electrons. The van der Waals surface area contributed by atoms with Gasteiger partial charge in [-0.25, -0.2) is 4.79 Å². The Morgan fingerprint density at radius 1 is 1.16 bits per heavy atom. The molecule has 160 valence electrons. The molecule has 0 atom stereocenters. The minimum Gasteiger partial charge on any atom is -0.422 e. The van der Waals surface area contributed by atoms with Crippen molar-refractivity contribution < 1.29 is 13.8 Å². The lowest BCUT2D eigenvalue weighted by molar-refractivity contribution is -0.696. The first-order valence-corrected chi connectivity index (χ1v) is 10.8. The summed E-state index contributed by atoms with van der Waals surface area (Å²) in [6.45, 7) is 7.19. The second-order valence-electron chi connectivity index (χ2n) is 7.24. The van der Waals surface area contributed by atoms with Gasteiger partial charge in [-0.05, 0) is 50.5 Å². The van der Waals surface area contributed by atoms with E-state index in [1.807, 2.05) is 61.1 Å². The van der Waals surface area contributed by atoms with E-state index in [-0.39, 0.29) is 11.5 Å². The lowest BCUT2D eigenvalue weighted by Gasteiger charge is -2.20. The van der Waals surface area contributed by atoms with Gasteiger partial charge in [0.25, 0.3) is 0 Å². The van der Waals surface area contributed by atoms with Gasteiger partial charge in [0, 0.05) is 48.4 Å². The predicted molar refractivity (Wildman–Crippen MR) is 128 cm³/mol. The van der Waals surface area contributed by atoms with Crippen molar-refractivity contribution in [2.45, 2.75) is 26.7 Å². The van der Waals surface area contributed by atoms with Crippen LogP contribution in [0.3, 0.4) is 0 Å². The molecule has 0 fully saturated rings. The second kappa shape index (κ2) is 10.6. The molecule has 0 spiro atoms. The number of rotatable bonds is 9. The third-order valence-electron chi connectivity index (χ3n) is 5.28. The largest absolute Gasteiger partial charge is 0.422 e. The van der Waals surface area contributed by atoms with Gasteiger partial charge in [-0.15, -0.1) is 0 Å². The lowest BCUT2D eigenvalue weighted by Crippen LogP contribution is -2.42. The van der Waals surface area contributed by atoms with Crippen molar-refractivity contribution in [2.24, 2.45) is 0 Å². The Bertz CT molecular complexity index is 1140. The number of benzene rings is 1. The van der Waals surface area contributed by atoms with Gasteiger partial charge < -0.3 is 14.6 Å². The Morgan fingerprint density at radius 2 is 1.97 bits per heavy atom. The molecular weight excluding hydrogens is 389 g/mol. The zero-order valence-corrected chi connectivity index (χ0v) is 18.4. The number of amides is 1. The second-order valence-corrected chi connectivity index (χ2v) is 7.24. The van der Waals surface area contributed by atoms with Gasteiger partial charge in [0.05, 0.1) is 12.1 Å². The summed E-state index contributed by atoms with van der Waals surface area (Å²) in [6, 6.07) is 13.7. The van der Waals surface area contributed by atoms with Crippen LogP contribution in [0.15, 0.2) is 57.9 Å². The fourth-order valence-corrected chi connectivity index (χ4v) is 3.48. The van der Waals surface area contributed by atoms with Crippen molar-refractivity contribution >= 4 is 42.6 Å². The fraction of sp³-hybridized carbons (Fsp3) is 0.292. The lowest BCUT2D eigenvalue weighted by atomic mass is 10.1. The maximum absolute atomic E-state index is 12.6. The molecule has 0 saturated heterocycles. The van der Waals surface area contributed by atoms with E-state index >= 15 is 0 Å². The minimum atomic E-state index is -0.363. The maximum Gasteiger partial charge on any atom is 0.343 e. The van der Waals surface area contributed by atoms with E-state index in [1.165, 1.54) is 0 Å². The van der Waals surface area contributed by atoms with E-state index < -0.39 is 0 Å². The number of hydrogen-bond acceptors (Lipinski definition) is 4. The highest BCUT2D eigenvalue weighted by Crippen LogP contribution is 2.22. The molecule has 0 saturated carbocycles. The van der Waals surface area contributed by atoms with Crippen LogP contribution in [-0.2, 0) is 11.3 Å². The van der Waals surface area contributed by atoms with Crippen molar-refractivity contribution in [3.63, 3.8) is 0 Å². The van der Waals surface area contributed by atoms with Crippen LogP contribution in [0, 0.1) is 0 Å². The summed E-state index contributed by atoms with van der Waals surface area (Å²) in [4.78, 5) is 26.2. The number of carbonyl (C=O) groups excluding carboxylic acids is 1. The zero-order valence-electron chi connectivity index (χ0n) is 18.4. The van der Waals surface area contributed by atoms with E-state index in [0.717, 1.165) is 29.9 Å². The number of anilines is 1. The van der Waals surface area contributed by atoms with Gasteiger partial charge in [-0.1, -0.05) is 0 Å². The van der Waals surface area contributed by atoms with Gasteiger partial charge in [0.1, 0.15) is 13.4 Å². The topological polar surface area (TPSA) is 66.4 Å². The Labute approximate surface area is 183 Å².